The number of aliphatic hydroxyl groups excluding tert-OH is 7. The number of rotatable bonds is 42. The molecule has 1 saturated heterocycles. The summed E-state index contributed by atoms with van der Waals surface area (Å²) >= 11 is 0. The lowest BCUT2D eigenvalue weighted by atomic mass is 9.98. The molecule has 0 aromatic heterocycles. The molecule has 0 aromatic rings. The third-order valence-electron chi connectivity index (χ3n) is 12.2. The number of carbonyl (C=O) groups is 1. The van der Waals surface area contributed by atoms with Gasteiger partial charge in [-0.2, -0.15) is 0 Å². The highest BCUT2D eigenvalue weighted by atomic mass is 16.7. The summed E-state index contributed by atoms with van der Waals surface area (Å²) in [7, 11) is 0. The minimum absolute atomic E-state index is 0.258. The number of allylic oxidation sites excluding steroid dienone is 4. The van der Waals surface area contributed by atoms with E-state index in [2.05, 4.69) is 43.5 Å². The van der Waals surface area contributed by atoms with Gasteiger partial charge in [-0.1, -0.05) is 179 Å². The van der Waals surface area contributed by atoms with Gasteiger partial charge in [-0.3, -0.25) is 4.79 Å². The zero-order chi connectivity index (χ0) is 44.8. The first-order chi connectivity index (χ1) is 29.7. The Bertz CT molecular complexity index is 1040. The van der Waals surface area contributed by atoms with Crippen molar-refractivity contribution < 1.29 is 50.0 Å². The van der Waals surface area contributed by atoms with Gasteiger partial charge in [0.1, 0.15) is 36.6 Å². The minimum Gasteiger partial charge on any atom is -0.394 e. The molecule has 1 amide bonds. The number of hydrogen-bond donors (Lipinski definition) is 8. The Kier molecular flexibility index (Phi) is 37.9. The van der Waals surface area contributed by atoms with E-state index in [1.807, 2.05) is 0 Å². The molecule has 8 N–H and O–H groups in total. The Morgan fingerprint density at radius 2 is 0.951 bits per heavy atom. The van der Waals surface area contributed by atoms with E-state index in [9.17, 15) is 40.5 Å². The molecular formula is C50H95NO10. The van der Waals surface area contributed by atoms with Crippen molar-refractivity contribution in [2.75, 3.05) is 13.2 Å². The topological polar surface area (TPSA) is 189 Å². The molecule has 0 unspecified atom stereocenters. The first kappa shape index (κ1) is 57.6. The molecule has 0 aliphatic carbocycles. The largest absolute Gasteiger partial charge is 0.394 e. The summed E-state index contributed by atoms with van der Waals surface area (Å²) in [5.74, 6) is -0.701. The Hall–Kier alpha value is -1.41. The molecule has 0 saturated carbocycles. The normalized spacial score (nSPS) is 21.6. The number of amides is 1. The van der Waals surface area contributed by atoms with Crippen LogP contribution in [-0.4, -0.2) is 110 Å². The number of unbranched alkanes of at least 4 members (excludes halogenated alkanes) is 26. The number of aliphatic hydroxyl groups is 7. The maximum Gasteiger partial charge on any atom is 0.249 e. The summed E-state index contributed by atoms with van der Waals surface area (Å²) in [6, 6.07) is -1.17. The van der Waals surface area contributed by atoms with E-state index >= 15 is 0 Å². The molecule has 0 aromatic carbocycles. The van der Waals surface area contributed by atoms with Gasteiger partial charge in [0.2, 0.25) is 5.91 Å². The maximum atomic E-state index is 13.1. The summed E-state index contributed by atoms with van der Waals surface area (Å²) in [6.07, 6.45) is 33.6. The third kappa shape index (κ3) is 29.6. The Morgan fingerprint density at radius 1 is 0.557 bits per heavy atom. The van der Waals surface area contributed by atoms with Crippen LogP contribution in [0.15, 0.2) is 24.3 Å². The number of carbonyl (C=O) groups excluding carboxylic acids is 1. The van der Waals surface area contributed by atoms with E-state index in [4.69, 9.17) is 9.47 Å². The second-order valence-corrected chi connectivity index (χ2v) is 17.9. The van der Waals surface area contributed by atoms with Crippen LogP contribution in [-0.2, 0) is 14.3 Å². The first-order valence-electron chi connectivity index (χ1n) is 25.2. The summed E-state index contributed by atoms with van der Waals surface area (Å²) in [5, 5.41) is 75.8. The number of nitrogens with one attached hydrogen (secondary N) is 1. The molecule has 360 valence electrons. The van der Waals surface area contributed by atoms with Crippen molar-refractivity contribution in [3.05, 3.63) is 24.3 Å². The second kappa shape index (κ2) is 40.1. The molecule has 61 heavy (non-hydrogen) atoms. The fourth-order valence-electron chi connectivity index (χ4n) is 8.02. The monoisotopic (exact) mass is 870 g/mol. The van der Waals surface area contributed by atoms with Crippen LogP contribution in [0.5, 0.6) is 0 Å². The first-order valence-corrected chi connectivity index (χ1v) is 25.2. The van der Waals surface area contributed by atoms with Gasteiger partial charge in [-0.25, -0.2) is 0 Å². The fraction of sp³-hybridized carbons (Fsp3) is 0.900. The molecule has 0 radical (unpaired) electrons. The summed E-state index contributed by atoms with van der Waals surface area (Å²) in [4.78, 5) is 13.1. The zero-order valence-corrected chi connectivity index (χ0v) is 38.9. The van der Waals surface area contributed by atoms with Gasteiger partial charge < -0.3 is 50.5 Å². The Balaban J connectivity index is 2.39. The van der Waals surface area contributed by atoms with Crippen molar-refractivity contribution in [3.8, 4) is 0 Å². The van der Waals surface area contributed by atoms with Gasteiger partial charge in [-0.05, 0) is 64.2 Å². The smallest absolute Gasteiger partial charge is 0.249 e. The van der Waals surface area contributed by atoms with Crippen LogP contribution in [0.2, 0.25) is 0 Å². The van der Waals surface area contributed by atoms with Crippen LogP contribution in [0, 0.1) is 0 Å². The molecule has 11 nitrogen and oxygen atoms in total. The van der Waals surface area contributed by atoms with Crippen LogP contribution < -0.4 is 5.32 Å². The average Bonchev–Trinajstić information content (AvgIpc) is 3.26. The van der Waals surface area contributed by atoms with Gasteiger partial charge in [0.15, 0.2) is 6.29 Å². The van der Waals surface area contributed by atoms with Crippen molar-refractivity contribution in [1.82, 2.24) is 5.32 Å². The van der Waals surface area contributed by atoms with Gasteiger partial charge in [0.25, 0.3) is 0 Å². The quantitative estimate of drug-likeness (QED) is 0.0217. The van der Waals surface area contributed by atoms with Crippen molar-refractivity contribution in [2.24, 2.45) is 0 Å². The standard InChI is InChI=1S/C50H95NO10/c1-3-5-7-9-11-13-15-17-19-20-21-22-23-24-26-28-30-32-34-36-38-43(54)49(59)51-41(40-60-50-48(58)47(57)46(56)44(39-52)61-50)45(55)42(53)37-35-33-31-29-27-25-18-16-14-12-10-8-6-4-2/h13,15,18,25,41-48,50,52-58H,3-12,14,16-17,19-24,26-40H2,1-2H3,(H,51,59)/b15-13-,25-18-/t41-,42+,43+,44+,45-,46+,47-,48+,50+/m0/s1. The van der Waals surface area contributed by atoms with Crippen molar-refractivity contribution >= 4 is 5.91 Å². The van der Waals surface area contributed by atoms with E-state index in [1.165, 1.54) is 128 Å². The SMILES string of the molecule is CCCCCC/C=C\CCCCCCCCCCCCCC[C@@H](O)C(=O)N[C@@H](CO[C@@H]1O[C@H](CO)[C@@H](O)[C@H](O)[C@H]1O)[C@H](O)[C@H](O)CCCCCC/C=C\CCCCCCCC. The summed E-state index contributed by atoms with van der Waals surface area (Å²) < 4.78 is 11.1. The van der Waals surface area contributed by atoms with Crippen molar-refractivity contribution in [1.29, 1.82) is 0 Å². The predicted octanol–water partition coefficient (Wildman–Crippen LogP) is 9.01. The molecule has 1 rings (SSSR count). The van der Waals surface area contributed by atoms with Crippen LogP contribution in [0.25, 0.3) is 0 Å². The van der Waals surface area contributed by atoms with E-state index in [0.29, 0.717) is 19.3 Å². The molecule has 1 aliphatic heterocycles. The van der Waals surface area contributed by atoms with E-state index in [1.54, 1.807) is 0 Å². The van der Waals surface area contributed by atoms with E-state index < -0.39 is 74.2 Å². The fourth-order valence-corrected chi connectivity index (χ4v) is 8.02. The lowest BCUT2D eigenvalue weighted by Gasteiger charge is -2.40. The molecule has 0 bridgehead atoms. The molecule has 1 aliphatic rings. The van der Waals surface area contributed by atoms with Crippen molar-refractivity contribution in [3.63, 3.8) is 0 Å². The predicted molar refractivity (Wildman–Crippen MR) is 247 cm³/mol. The number of ether oxygens (including phenoxy) is 2. The number of hydrogen-bond acceptors (Lipinski definition) is 10. The van der Waals surface area contributed by atoms with E-state index in [0.717, 1.165) is 51.4 Å². The molecule has 1 heterocycles. The van der Waals surface area contributed by atoms with Gasteiger partial charge in [0, 0.05) is 0 Å². The van der Waals surface area contributed by atoms with Gasteiger partial charge >= 0.3 is 0 Å². The zero-order valence-electron chi connectivity index (χ0n) is 38.9. The highest BCUT2D eigenvalue weighted by Gasteiger charge is 2.44. The lowest BCUT2D eigenvalue weighted by Crippen LogP contribution is -2.60. The van der Waals surface area contributed by atoms with E-state index in [-0.39, 0.29) is 6.42 Å². The average molecular weight is 870 g/mol. The minimum atomic E-state index is -1.66. The highest BCUT2D eigenvalue weighted by Crippen LogP contribution is 2.23. The highest BCUT2D eigenvalue weighted by molar-refractivity contribution is 5.80. The maximum absolute atomic E-state index is 13.1. The third-order valence-corrected chi connectivity index (χ3v) is 12.2. The Morgan fingerprint density at radius 3 is 1.39 bits per heavy atom. The second-order valence-electron chi connectivity index (χ2n) is 17.9. The lowest BCUT2D eigenvalue weighted by molar-refractivity contribution is -0.303. The van der Waals surface area contributed by atoms with Crippen LogP contribution in [0.4, 0.5) is 0 Å². The summed E-state index contributed by atoms with van der Waals surface area (Å²) in [5.41, 5.74) is 0. The van der Waals surface area contributed by atoms with Gasteiger partial charge in [-0.15, -0.1) is 0 Å². The molecule has 0 spiro atoms. The Labute approximate surface area is 372 Å². The van der Waals surface area contributed by atoms with Crippen LogP contribution >= 0.6 is 0 Å². The summed E-state index contributed by atoms with van der Waals surface area (Å²) in [6.45, 7) is 3.42. The molecule has 1 fully saturated rings. The molecule has 11 heteroatoms. The van der Waals surface area contributed by atoms with Gasteiger partial charge in [0.05, 0.1) is 25.4 Å². The van der Waals surface area contributed by atoms with Crippen LogP contribution in [0.1, 0.15) is 219 Å². The molecular weight excluding hydrogens is 775 g/mol. The van der Waals surface area contributed by atoms with Crippen LogP contribution in [0.3, 0.4) is 0 Å². The van der Waals surface area contributed by atoms with Crippen molar-refractivity contribution in [2.45, 2.75) is 274 Å². The molecule has 9 atom stereocenters.